The molecule has 0 aliphatic carbocycles. The second-order valence-corrected chi connectivity index (χ2v) is 4.29. The zero-order chi connectivity index (χ0) is 13.9. The van der Waals surface area contributed by atoms with Crippen molar-refractivity contribution < 1.29 is 23.9 Å². The van der Waals surface area contributed by atoms with Crippen LogP contribution in [0.1, 0.15) is 12.8 Å². The topological polar surface area (TPSA) is 136 Å². The van der Waals surface area contributed by atoms with Crippen LogP contribution in [-0.2, 0) is 14.4 Å². The van der Waals surface area contributed by atoms with Gasteiger partial charge in [0.1, 0.15) is 12.2 Å². The Morgan fingerprint density at radius 3 is 2.50 bits per heavy atom. The van der Waals surface area contributed by atoms with Crippen LogP contribution >= 0.6 is 0 Å². The lowest BCUT2D eigenvalue weighted by molar-refractivity contribution is -0.140. The average molecular weight is 261 g/mol. The van der Waals surface area contributed by atoms with E-state index in [0.717, 1.165) is 0 Å². The normalized spacial score (nSPS) is 28.9. The van der Waals surface area contributed by atoms with Gasteiger partial charge in [0.2, 0.25) is 5.91 Å². The number of hydrogen-bond donors (Lipinski definition) is 4. The van der Waals surface area contributed by atoms with Gasteiger partial charge >= 0.3 is 5.97 Å². The summed E-state index contributed by atoms with van der Waals surface area (Å²) in [6.07, 6.45) is -1.84. The number of aliphatic carboxylic acids is 1. The third-order valence-electron chi connectivity index (χ3n) is 2.96. The van der Waals surface area contributed by atoms with Gasteiger partial charge in [-0.3, -0.25) is 14.4 Å². The zero-order valence-electron chi connectivity index (χ0n) is 9.64. The van der Waals surface area contributed by atoms with Crippen LogP contribution in [0.4, 0.5) is 4.39 Å². The number of carbonyl (C=O) groups is 3. The van der Waals surface area contributed by atoms with E-state index in [1.165, 1.54) is 0 Å². The molecule has 0 saturated carbocycles. The molecule has 7 nitrogen and oxygen atoms in total. The predicted molar refractivity (Wildman–Crippen MR) is 59.2 cm³/mol. The number of amides is 1. The Bertz CT molecular complexity index is 363. The minimum atomic E-state index is -1.81. The van der Waals surface area contributed by atoms with Gasteiger partial charge in [-0.15, -0.1) is 0 Å². The third kappa shape index (κ3) is 3.23. The van der Waals surface area contributed by atoms with Crippen LogP contribution in [0.2, 0.25) is 0 Å². The lowest BCUT2D eigenvalue weighted by atomic mass is 9.92. The molecule has 0 bridgehead atoms. The highest BCUT2D eigenvalue weighted by Gasteiger charge is 2.45. The van der Waals surface area contributed by atoms with E-state index in [1.54, 1.807) is 0 Å². The first kappa shape index (κ1) is 14.5. The van der Waals surface area contributed by atoms with Gasteiger partial charge in [0.25, 0.3) is 0 Å². The van der Waals surface area contributed by atoms with Crippen molar-refractivity contribution in [2.24, 2.45) is 17.4 Å². The van der Waals surface area contributed by atoms with E-state index in [1.807, 2.05) is 0 Å². The summed E-state index contributed by atoms with van der Waals surface area (Å²) in [4.78, 5) is 33.0. The molecule has 1 unspecified atom stereocenters. The lowest BCUT2D eigenvalue weighted by Gasteiger charge is -2.16. The standard InChI is InChI=1S/C10H16FN3O4/c11-7-4(3-14-8(7)10(17)18)9(16)5(12)1-2-6(13)15/h4-5,7-8,14H,1-3,12H2,(H2,13,15)(H,17,18)/t4-,5?,7-,8-/m1/s1. The summed E-state index contributed by atoms with van der Waals surface area (Å²) in [7, 11) is 0. The smallest absolute Gasteiger partial charge is 0.323 e. The minimum Gasteiger partial charge on any atom is -0.480 e. The minimum absolute atomic E-state index is 0.0368. The fraction of sp³-hybridized carbons (Fsp3) is 0.700. The first-order valence-electron chi connectivity index (χ1n) is 5.52. The maximum absolute atomic E-state index is 13.7. The molecular formula is C10H16FN3O4. The Labute approximate surface area is 103 Å². The molecular weight excluding hydrogens is 245 g/mol. The van der Waals surface area contributed by atoms with Crippen molar-refractivity contribution in [3.63, 3.8) is 0 Å². The van der Waals surface area contributed by atoms with Gasteiger partial charge in [0.15, 0.2) is 5.78 Å². The van der Waals surface area contributed by atoms with Crippen LogP contribution in [0.15, 0.2) is 0 Å². The Hall–Kier alpha value is -1.54. The van der Waals surface area contributed by atoms with E-state index in [2.05, 4.69) is 5.32 Å². The van der Waals surface area contributed by atoms with Crippen LogP contribution in [0.3, 0.4) is 0 Å². The van der Waals surface area contributed by atoms with Gasteiger partial charge in [-0.1, -0.05) is 0 Å². The summed E-state index contributed by atoms with van der Waals surface area (Å²) in [6, 6.07) is -2.39. The third-order valence-corrected chi connectivity index (χ3v) is 2.96. The summed E-state index contributed by atoms with van der Waals surface area (Å²) < 4.78 is 13.7. The Morgan fingerprint density at radius 2 is 2.06 bits per heavy atom. The van der Waals surface area contributed by atoms with Gasteiger partial charge in [0.05, 0.1) is 12.0 Å². The molecule has 1 heterocycles. The van der Waals surface area contributed by atoms with Crippen LogP contribution in [0.25, 0.3) is 0 Å². The quantitative estimate of drug-likeness (QED) is 0.443. The van der Waals surface area contributed by atoms with Gasteiger partial charge in [0, 0.05) is 13.0 Å². The zero-order valence-corrected chi connectivity index (χ0v) is 9.64. The number of carbonyl (C=O) groups excluding carboxylic acids is 2. The molecule has 6 N–H and O–H groups in total. The van der Waals surface area contributed by atoms with Crippen molar-refractivity contribution in [2.75, 3.05) is 6.54 Å². The van der Waals surface area contributed by atoms with E-state index in [0.29, 0.717) is 0 Å². The lowest BCUT2D eigenvalue weighted by Crippen LogP contribution is -2.42. The summed E-state index contributed by atoms with van der Waals surface area (Å²) in [5, 5.41) is 11.1. The van der Waals surface area contributed by atoms with Crippen molar-refractivity contribution >= 4 is 17.7 Å². The first-order valence-corrected chi connectivity index (χ1v) is 5.52. The number of Topliss-reactive ketones (excluding diaryl/α,β-unsaturated/α-hetero) is 1. The Kier molecular flexibility index (Phi) is 4.74. The average Bonchev–Trinajstić information content (AvgIpc) is 2.66. The number of primary amides is 1. The molecule has 18 heavy (non-hydrogen) atoms. The summed E-state index contributed by atoms with van der Waals surface area (Å²) in [5.41, 5.74) is 10.4. The largest absolute Gasteiger partial charge is 0.480 e. The molecule has 1 aliphatic rings. The number of carboxylic acids is 1. The highest BCUT2D eigenvalue weighted by atomic mass is 19.1. The summed E-state index contributed by atoms with van der Waals surface area (Å²) in [6.45, 7) is -0.0682. The number of rotatable bonds is 6. The summed E-state index contributed by atoms with van der Waals surface area (Å²) >= 11 is 0. The number of ketones is 1. The molecule has 1 rings (SSSR count). The molecule has 0 aromatic rings. The first-order chi connectivity index (χ1) is 8.34. The molecule has 0 aromatic carbocycles. The van der Waals surface area contributed by atoms with E-state index in [-0.39, 0.29) is 19.4 Å². The van der Waals surface area contributed by atoms with Crippen LogP contribution in [-0.4, -0.2) is 47.6 Å². The molecule has 1 saturated heterocycles. The van der Waals surface area contributed by atoms with Crippen molar-refractivity contribution in [2.45, 2.75) is 31.1 Å². The van der Waals surface area contributed by atoms with E-state index in [4.69, 9.17) is 16.6 Å². The summed E-state index contributed by atoms with van der Waals surface area (Å²) in [5.74, 6) is -3.61. The van der Waals surface area contributed by atoms with Crippen molar-refractivity contribution in [1.29, 1.82) is 0 Å². The monoisotopic (exact) mass is 261 g/mol. The molecule has 102 valence electrons. The molecule has 1 aliphatic heterocycles. The van der Waals surface area contributed by atoms with Gasteiger partial charge in [-0.2, -0.15) is 0 Å². The second-order valence-electron chi connectivity index (χ2n) is 4.29. The molecule has 1 amide bonds. The van der Waals surface area contributed by atoms with Gasteiger partial charge < -0.3 is 21.9 Å². The number of hydrogen-bond acceptors (Lipinski definition) is 5. The molecule has 0 spiro atoms. The highest BCUT2D eigenvalue weighted by molar-refractivity contribution is 5.89. The number of halogens is 1. The van der Waals surface area contributed by atoms with Crippen molar-refractivity contribution in [3.05, 3.63) is 0 Å². The number of nitrogens with one attached hydrogen (secondary N) is 1. The van der Waals surface area contributed by atoms with E-state index < -0.39 is 41.8 Å². The SMILES string of the molecule is NC(=O)CCC(N)C(=O)[C@@H]1CN[C@@H](C(=O)O)[C@@H]1F. The maximum Gasteiger partial charge on any atom is 0.323 e. The van der Waals surface area contributed by atoms with E-state index in [9.17, 15) is 18.8 Å². The molecule has 8 heteroatoms. The fourth-order valence-electron chi connectivity index (χ4n) is 1.91. The van der Waals surface area contributed by atoms with Crippen LogP contribution in [0, 0.1) is 5.92 Å². The Morgan fingerprint density at radius 1 is 1.44 bits per heavy atom. The Balaban J connectivity index is 2.57. The van der Waals surface area contributed by atoms with Crippen LogP contribution < -0.4 is 16.8 Å². The maximum atomic E-state index is 13.7. The molecule has 0 aromatic heterocycles. The van der Waals surface area contributed by atoms with Crippen molar-refractivity contribution in [1.82, 2.24) is 5.32 Å². The predicted octanol–water partition coefficient (Wildman–Crippen LogP) is -1.84. The molecule has 0 radical (unpaired) electrons. The van der Waals surface area contributed by atoms with Gasteiger partial charge in [-0.25, -0.2) is 4.39 Å². The molecule has 4 atom stereocenters. The van der Waals surface area contributed by atoms with Gasteiger partial charge in [-0.05, 0) is 6.42 Å². The number of nitrogens with two attached hydrogens (primary N) is 2. The van der Waals surface area contributed by atoms with Crippen molar-refractivity contribution in [3.8, 4) is 0 Å². The fourth-order valence-corrected chi connectivity index (χ4v) is 1.91. The highest BCUT2D eigenvalue weighted by Crippen LogP contribution is 2.21. The van der Waals surface area contributed by atoms with Crippen LogP contribution in [0.5, 0.6) is 0 Å². The second kappa shape index (κ2) is 5.87. The number of carboxylic acid groups (broad SMARTS) is 1. The van der Waals surface area contributed by atoms with E-state index >= 15 is 0 Å². The number of alkyl halides is 1. The molecule has 1 fully saturated rings.